The summed E-state index contributed by atoms with van der Waals surface area (Å²) < 4.78 is 24.8. The van der Waals surface area contributed by atoms with Gasteiger partial charge in [-0.3, -0.25) is 0 Å². The van der Waals surface area contributed by atoms with Gasteiger partial charge >= 0.3 is 6.03 Å². The van der Waals surface area contributed by atoms with Crippen LogP contribution < -0.4 is 20.1 Å². The number of aliphatic hydroxyl groups excluding tert-OH is 1. The van der Waals surface area contributed by atoms with E-state index in [1.807, 2.05) is 109 Å². The van der Waals surface area contributed by atoms with Gasteiger partial charge in [0.15, 0.2) is 6.29 Å². The molecule has 1 saturated heterocycles. The summed E-state index contributed by atoms with van der Waals surface area (Å²) in [7, 11) is 1.69. The smallest absolute Gasteiger partial charge is 0.319 e. The van der Waals surface area contributed by atoms with Crippen LogP contribution in [0.1, 0.15) is 41.6 Å². The van der Waals surface area contributed by atoms with Crippen LogP contribution in [-0.2, 0) is 22.6 Å². The molecule has 280 valence electrons. The number of urea groups is 1. The molecule has 1 heterocycles. The molecule has 0 aliphatic carbocycles. The molecule has 1 fully saturated rings. The minimum Gasteiger partial charge on any atom is -0.496 e. The van der Waals surface area contributed by atoms with Gasteiger partial charge in [-0.1, -0.05) is 104 Å². The fourth-order valence-electron chi connectivity index (χ4n) is 6.50. The highest BCUT2D eigenvalue weighted by atomic mass is 32.2. The summed E-state index contributed by atoms with van der Waals surface area (Å²) in [4.78, 5) is 13.8. The van der Waals surface area contributed by atoms with Crippen LogP contribution in [0.15, 0.2) is 157 Å². The lowest BCUT2D eigenvalue weighted by molar-refractivity contribution is -0.268. The van der Waals surface area contributed by atoms with Crippen molar-refractivity contribution >= 4 is 23.5 Å². The SMILES string of the molecule is COc1ccccc1SC[C@H]1O[C@@H](c2ccc(-c3cccc(CNC(=O)Nc4ccc(Oc5ccccc5)cc4)c3)cc2)O[C@@H](c2ccc(CO)cc2)[C@H]1C. The molecule has 7 rings (SSSR count). The average Bonchev–Trinajstić information content (AvgIpc) is 3.24. The standard InChI is InChI=1S/C46H44N2O6S/c1-31-42(30-55-43-14-7-6-13-41(43)51-2)53-45(54-44(31)35-17-15-32(29-49)16-18-35)36-21-19-34(20-22-36)37-10-8-9-33(27-37)28-47-46(50)48-38-23-25-40(26-24-38)52-39-11-4-3-5-12-39/h3-27,31,42,44-45,49H,28-30H2,1-2H3,(H2,47,48,50)/t31-,42+,44+,45+/m0/s1. The van der Waals surface area contributed by atoms with Crippen molar-refractivity contribution in [3.05, 3.63) is 174 Å². The Labute approximate surface area is 326 Å². The monoisotopic (exact) mass is 752 g/mol. The first-order valence-electron chi connectivity index (χ1n) is 18.3. The molecule has 55 heavy (non-hydrogen) atoms. The zero-order chi connectivity index (χ0) is 38.0. The molecular weight excluding hydrogens is 709 g/mol. The number of benzene rings is 6. The number of nitrogens with one attached hydrogen (secondary N) is 2. The molecule has 2 amide bonds. The molecule has 0 unspecified atom stereocenters. The minimum atomic E-state index is -0.572. The number of para-hydroxylation sites is 2. The lowest BCUT2D eigenvalue weighted by Crippen LogP contribution is -2.38. The van der Waals surface area contributed by atoms with Crippen LogP contribution in [0.4, 0.5) is 10.5 Å². The Bertz CT molecular complexity index is 2150. The maximum Gasteiger partial charge on any atom is 0.319 e. The van der Waals surface area contributed by atoms with Crippen LogP contribution >= 0.6 is 11.8 Å². The average molecular weight is 753 g/mol. The van der Waals surface area contributed by atoms with Gasteiger partial charge in [0, 0.05) is 34.4 Å². The molecule has 0 saturated carbocycles. The minimum absolute atomic E-state index is 0.00598. The summed E-state index contributed by atoms with van der Waals surface area (Å²) in [5.41, 5.74) is 6.55. The summed E-state index contributed by atoms with van der Waals surface area (Å²) in [6.07, 6.45) is -0.883. The van der Waals surface area contributed by atoms with Crippen molar-refractivity contribution in [3.63, 3.8) is 0 Å². The topological polar surface area (TPSA) is 98.3 Å². The van der Waals surface area contributed by atoms with Crippen LogP contribution in [0, 0.1) is 5.92 Å². The highest BCUT2D eigenvalue weighted by molar-refractivity contribution is 7.99. The quantitative estimate of drug-likeness (QED) is 0.101. The van der Waals surface area contributed by atoms with Crippen LogP contribution in [-0.4, -0.2) is 30.1 Å². The Kier molecular flexibility index (Phi) is 12.5. The summed E-state index contributed by atoms with van der Waals surface area (Å²) in [6, 6.07) is 48.9. The molecule has 0 bridgehead atoms. The van der Waals surface area contributed by atoms with Gasteiger partial charge in [0.2, 0.25) is 0 Å². The van der Waals surface area contributed by atoms with Crippen molar-refractivity contribution in [2.24, 2.45) is 5.92 Å². The number of anilines is 1. The molecule has 1 aliphatic rings. The summed E-state index contributed by atoms with van der Waals surface area (Å²) >= 11 is 1.72. The number of ether oxygens (including phenoxy) is 4. The molecule has 0 aromatic heterocycles. The number of amides is 2. The van der Waals surface area contributed by atoms with Crippen LogP contribution in [0.3, 0.4) is 0 Å². The lowest BCUT2D eigenvalue weighted by Gasteiger charge is -2.41. The molecule has 6 aromatic carbocycles. The van der Waals surface area contributed by atoms with Gasteiger partial charge in [-0.25, -0.2) is 4.79 Å². The summed E-state index contributed by atoms with van der Waals surface area (Å²) in [5.74, 6) is 3.07. The molecule has 6 aromatic rings. The third-order valence-corrected chi connectivity index (χ3v) is 10.7. The van der Waals surface area contributed by atoms with E-state index in [-0.39, 0.29) is 30.8 Å². The van der Waals surface area contributed by atoms with E-state index in [2.05, 4.69) is 60.0 Å². The lowest BCUT2D eigenvalue weighted by atomic mass is 9.91. The van der Waals surface area contributed by atoms with Crippen molar-refractivity contribution in [3.8, 4) is 28.4 Å². The highest BCUT2D eigenvalue weighted by Crippen LogP contribution is 2.44. The first-order chi connectivity index (χ1) is 26.9. The second kappa shape index (κ2) is 18.2. The van der Waals surface area contributed by atoms with Gasteiger partial charge in [0.05, 0.1) is 25.9 Å². The Morgan fingerprint density at radius 2 is 1.44 bits per heavy atom. The van der Waals surface area contributed by atoms with Gasteiger partial charge in [0.25, 0.3) is 0 Å². The molecule has 0 radical (unpaired) electrons. The van der Waals surface area contributed by atoms with E-state index in [9.17, 15) is 9.90 Å². The maximum absolute atomic E-state index is 12.7. The fourth-order valence-corrected chi connectivity index (χ4v) is 7.70. The largest absolute Gasteiger partial charge is 0.496 e. The molecule has 0 spiro atoms. The number of methoxy groups -OCH3 is 1. The predicted molar refractivity (Wildman–Crippen MR) is 217 cm³/mol. The van der Waals surface area contributed by atoms with E-state index in [1.165, 1.54) is 0 Å². The maximum atomic E-state index is 12.7. The number of aliphatic hydroxyl groups is 1. The van der Waals surface area contributed by atoms with E-state index in [4.69, 9.17) is 18.9 Å². The van der Waals surface area contributed by atoms with Crippen LogP contribution in [0.5, 0.6) is 17.2 Å². The van der Waals surface area contributed by atoms with E-state index >= 15 is 0 Å². The molecule has 9 heteroatoms. The van der Waals surface area contributed by atoms with E-state index in [1.54, 1.807) is 18.9 Å². The van der Waals surface area contributed by atoms with E-state index in [0.717, 1.165) is 55.5 Å². The Morgan fingerprint density at radius 3 is 2.18 bits per heavy atom. The first-order valence-corrected chi connectivity index (χ1v) is 19.3. The normalized spacial score (nSPS) is 17.9. The molecule has 3 N–H and O–H groups in total. The number of thioether (sulfide) groups is 1. The zero-order valence-electron chi connectivity index (χ0n) is 30.8. The predicted octanol–water partition coefficient (Wildman–Crippen LogP) is 10.6. The third kappa shape index (κ3) is 9.75. The van der Waals surface area contributed by atoms with Crippen molar-refractivity contribution in [2.45, 2.75) is 43.5 Å². The van der Waals surface area contributed by atoms with Gasteiger partial charge < -0.3 is 34.7 Å². The van der Waals surface area contributed by atoms with Gasteiger partial charge in [-0.2, -0.15) is 0 Å². The van der Waals surface area contributed by atoms with Crippen molar-refractivity contribution in [2.75, 3.05) is 18.2 Å². The van der Waals surface area contributed by atoms with Crippen LogP contribution in [0.2, 0.25) is 0 Å². The molecule has 4 atom stereocenters. The highest BCUT2D eigenvalue weighted by Gasteiger charge is 2.38. The Hall–Kier alpha value is -5.58. The number of carbonyl (C=O) groups excluding carboxylic acids is 1. The number of hydrogen-bond acceptors (Lipinski definition) is 7. The second-order valence-corrected chi connectivity index (χ2v) is 14.4. The van der Waals surface area contributed by atoms with Crippen LogP contribution in [0.25, 0.3) is 11.1 Å². The van der Waals surface area contributed by atoms with Gasteiger partial charge in [0.1, 0.15) is 17.2 Å². The summed E-state index contributed by atoms with van der Waals surface area (Å²) in [6.45, 7) is 2.53. The molecule has 8 nitrogen and oxygen atoms in total. The zero-order valence-corrected chi connectivity index (χ0v) is 31.6. The van der Waals surface area contributed by atoms with E-state index in [0.29, 0.717) is 18.0 Å². The second-order valence-electron chi connectivity index (χ2n) is 13.4. The first kappa shape index (κ1) is 37.7. The number of hydrogen-bond donors (Lipinski definition) is 3. The summed E-state index contributed by atoms with van der Waals surface area (Å²) in [5, 5.41) is 15.5. The fraction of sp³-hybridized carbons (Fsp3) is 0.196. The van der Waals surface area contributed by atoms with Crippen molar-refractivity contribution in [1.29, 1.82) is 0 Å². The van der Waals surface area contributed by atoms with Gasteiger partial charge in [-0.05, 0) is 82.4 Å². The number of rotatable bonds is 13. The third-order valence-electron chi connectivity index (χ3n) is 9.58. The Balaban J connectivity index is 0.994. The van der Waals surface area contributed by atoms with Crippen molar-refractivity contribution < 1.29 is 28.8 Å². The molecular formula is C46H44N2O6S. The van der Waals surface area contributed by atoms with Crippen molar-refractivity contribution in [1.82, 2.24) is 5.32 Å². The molecule has 1 aliphatic heterocycles. The Morgan fingerprint density at radius 1 is 0.727 bits per heavy atom. The number of carbonyl (C=O) groups is 1. The van der Waals surface area contributed by atoms with E-state index < -0.39 is 6.29 Å². The van der Waals surface area contributed by atoms with Gasteiger partial charge in [-0.15, -0.1) is 11.8 Å².